The molecular weight excluding hydrogens is 258 g/mol. The molecule has 5 nitrogen and oxygen atoms in total. The Morgan fingerprint density at radius 1 is 1.42 bits per heavy atom. The molecule has 0 unspecified atom stereocenters. The number of carbonyl (C=O) groups excluding carboxylic acids is 1. The second kappa shape index (κ2) is 4.75. The largest absolute Gasteiger partial charge is 0.867 e. The summed E-state index contributed by atoms with van der Waals surface area (Å²) < 4.78 is 31.9. The molecule has 19 heavy (non-hydrogen) atoms. The molecule has 1 aromatic carbocycles. The van der Waals surface area contributed by atoms with Crippen molar-refractivity contribution in [2.24, 2.45) is 7.05 Å². The van der Waals surface area contributed by atoms with Crippen molar-refractivity contribution in [1.82, 2.24) is 5.10 Å². The van der Waals surface area contributed by atoms with Crippen LogP contribution in [-0.4, -0.2) is 17.7 Å². The van der Waals surface area contributed by atoms with E-state index in [2.05, 4.69) is 5.10 Å². The van der Waals surface area contributed by atoms with Gasteiger partial charge in [-0.1, -0.05) is 4.68 Å². The molecule has 100 valence electrons. The number of esters is 1. The van der Waals surface area contributed by atoms with Gasteiger partial charge in [-0.2, -0.15) is 0 Å². The van der Waals surface area contributed by atoms with Crippen LogP contribution in [0.5, 0.6) is 5.75 Å². The predicted octanol–water partition coefficient (Wildman–Crippen LogP) is 0.588. The molecule has 1 aromatic heterocycles. The Kier molecular flexibility index (Phi) is 3.28. The molecule has 0 aliphatic rings. The van der Waals surface area contributed by atoms with Gasteiger partial charge < -0.3 is 9.84 Å². The van der Waals surface area contributed by atoms with Gasteiger partial charge in [0.2, 0.25) is 0 Å². The first kappa shape index (κ1) is 13.1. The number of aryl methyl sites for hydroxylation is 1. The summed E-state index contributed by atoms with van der Waals surface area (Å²) in [5.74, 6) is -3.88. The Morgan fingerprint density at radius 3 is 2.68 bits per heavy atom. The molecule has 0 amide bonds. The van der Waals surface area contributed by atoms with Crippen LogP contribution in [0, 0.1) is 11.6 Å². The molecular formula is C12H10F2N2O3. The molecule has 2 rings (SSSR count). The smallest absolute Gasteiger partial charge is 0.405 e. The van der Waals surface area contributed by atoms with Crippen LogP contribution in [0.3, 0.4) is 0 Å². The van der Waals surface area contributed by atoms with Crippen LogP contribution < -0.4 is 9.79 Å². The summed E-state index contributed by atoms with van der Waals surface area (Å²) in [7, 11) is 1.36. The maximum absolute atomic E-state index is 13.1. The number of ether oxygens (including phenoxy) is 1. The van der Waals surface area contributed by atoms with E-state index < -0.39 is 23.4 Å². The maximum Gasteiger partial charge on any atom is 0.405 e. The summed E-state index contributed by atoms with van der Waals surface area (Å²) in [4.78, 5) is 11.6. The molecule has 1 heterocycles. The fourth-order valence-electron chi connectivity index (χ4n) is 1.71. The molecule has 0 aliphatic heterocycles. The Morgan fingerprint density at radius 2 is 2.05 bits per heavy atom. The van der Waals surface area contributed by atoms with Crippen molar-refractivity contribution in [2.45, 2.75) is 6.92 Å². The summed E-state index contributed by atoms with van der Waals surface area (Å²) in [6.45, 7) is 1.68. The van der Waals surface area contributed by atoms with Crippen molar-refractivity contribution < 1.29 is 28.1 Å². The Balaban J connectivity index is 2.74. The number of hydrogen-bond donors (Lipinski definition) is 0. The molecule has 0 atom stereocenters. The zero-order chi connectivity index (χ0) is 14.2. The van der Waals surface area contributed by atoms with Crippen LogP contribution in [-0.2, 0) is 11.8 Å². The SMILES string of the molecule is CCOC(=O)c1c([O-])c2cc(F)c(F)cc2n[n+]1C. The normalized spacial score (nSPS) is 10.7. The van der Waals surface area contributed by atoms with Crippen LogP contribution in [0.4, 0.5) is 8.78 Å². The first-order valence-corrected chi connectivity index (χ1v) is 5.49. The van der Waals surface area contributed by atoms with E-state index in [1.165, 1.54) is 7.05 Å². The van der Waals surface area contributed by atoms with Crippen LogP contribution in [0.2, 0.25) is 0 Å². The van der Waals surface area contributed by atoms with Crippen molar-refractivity contribution in [2.75, 3.05) is 6.61 Å². The Labute approximate surface area is 107 Å². The molecule has 7 heteroatoms. The zero-order valence-electron chi connectivity index (χ0n) is 10.2. The van der Waals surface area contributed by atoms with Crippen LogP contribution in [0.1, 0.15) is 17.4 Å². The highest BCUT2D eigenvalue weighted by Gasteiger charge is 2.24. The van der Waals surface area contributed by atoms with Crippen LogP contribution in [0.15, 0.2) is 12.1 Å². The number of nitrogens with zero attached hydrogens (tertiary/aromatic N) is 2. The first-order chi connectivity index (χ1) is 8.95. The van der Waals surface area contributed by atoms with E-state index >= 15 is 0 Å². The number of fused-ring (bicyclic) bond motifs is 1. The van der Waals surface area contributed by atoms with Gasteiger partial charge >= 0.3 is 11.7 Å². The number of hydrogen-bond acceptors (Lipinski definition) is 4. The summed E-state index contributed by atoms with van der Waals surface area (Å²) >= 11 is 0. The van der Waals surface area contributed by atoms with Gasteiger partial charge in [-0.15, -0.1) is 0 Å². The van der Waals surface area contributed by atoms with Gasteiger partial charge in [0, 0.05) is 16.6 Å². The van der Waals surface area contributed by atoms with E-state index in [-0.39, 0.29) is 23.2 Å². The number of carbonyl (C=O) groups is 1. The van der Waals surface area contributed by atoms with E-state index in [4.69, 9.17) is 4.74 Å². The summed E-state index contributed by atoms with van der Waals surface area (Å²) in [6.07, 6.45) is 0. The number of halogens is 2. The zero-order valence-corrected chi connectivity index (χ0v) is 10.2. The monoisotopic (exact) mass is 268 g/mol. The molecule has 0 N–H and O–H groups in total. The highest BCUT2D eigenvalue weighted by molar-refractivity contribution is 5.95. The number of rotatable bonds is 2. The van der Waals surface area contributed by atoms with E-state index in [0.717, 1.165) is 16.8 Å². The third kappa shape index (κ3) is 2.18. The highest BCUT2D eigenvalue weighted by atomic mass is 19.2. The minimum atomic E-state index is -1.17. The fraction of sp³-hybridized carbons (Fsp3) is 0.250. The first-order valence-electron chi connectivity index (χ1n) is 5.49. The minimum absolute atomic E-state index is 0.0283. The average Bonchev–Trinajstić information content (AvgIpc) is 2.32. The second-order valence-electron chi connectivity index (χ2n) is 3.81. The number of aromatic nitrogens is 2. The Hall–Kier alpha value is -2.31. The predicted molar refractivity (Wildman–Crippen MR) is 58.2 cm³/mol. The third-order valence-electron chi connectivity index (χ3n) is 2.55. The average molecular weight is 268 g/mol. The molecule has 0 bridgehead atoms. The molecule has 0 saturated carbocycles. The highest BCUT2D eigenvalue weighted by Crippen LogP contribution is 2.24. The van der Waals surface area contributed by atoms with Gasteiger partial charge in [-0.05, 0) is 18.7 Å². The van der Waals surface area contributed by atoms with Crippen molar-refractivity contribution >= 4 is 16.9 Å². The van der Waals surface area contributed by atoms with Gasteiger partial charge in [0.15, 0.2) is 18.7 Å². The third-order valence-corrected chi connectivity index (χ3v) is 2.55. The quantitative estimate of drug-likeness (QED) is 0.590. The van der Waals surface area contributed by atoms with E-state index in [1.54, 1.807) is 6.92 Å². The molecule has 0 radical (unpaired) electrons. The van der Waals surface area contributed by atoms with Gasteiger partial charge in [-0.3, -0.25) is 0 Å². The summed E-state index contributed by atoms with van der Waals surface area (Å²) in [5, 5.41) is 15.8. The van der Waals surface area contributed by atoms with Gasteiger partial charge in [0.05, 0.1) is 6.61 Å². The lowest BCUT2D eigenvalue weighted by Crippen LogP contribution is -2.42. The van der Waals surface area contributed by atoms with E-state index in [9.17, 15) is 18.7 Å². The van der Waals surface area contributed by atoms with Crippen molar-refractivity contribution in [1.29, 1.82) is 0 Å². The lowest BCUT2D eigenvalue weighted by molar-refractivity contribution is -0.732. The fourth-order valence-corrected chi connectivity index (χ4v) is 1.71. The van der Waals surface area contributed by atoms with Gasteiger partial charge in [-0.25, -0.2) is 13.6 Å². The standard InChI is InChI=1S/C12H10F2N2O3/c1-3-19-12(18)10-11(17)6-4-7(13)8(14)5-9(6)15-16(10)2/h4-5H,3H2,1-2H3. The van der Waals surface area contributed by atoms with Crippen molar-refractivity contribution in [3.05, 3.63) is 29.5 Å². The van der Waals surface area contributed by atoms with Gasteiger partial charge in [0.25, 0.3) is 0 Å². The second-order valence-corrected chi connectivity index (χ2v) is 3.81. The minimum Gasteiger partial charge on any atom is -0.867 e. The summed E-state index contributed by atoms with van der Waals surface area (Å²) in [5.41, 5.74) is -0.361. The molecule has 0 aliphatic carbocycles. The topological polar surface area (TPSA) is 66.1 Å². The molecule has 2 aromatic rings. The van der Waals surface area contributed by atoms with E-state index in [0.29, 0.717) is 0 Å². The van der Waals surface area contributed by atoms with E-state index in [1.807, 2.05) is 0 Å². The van der Waals surface area contributed by atoms with Crippen LogP contribution >= 0.6 is 0 Å². The number of benzene rings is 1. The lowest BCUT2D eigenvalue weighted by atomic mass is 10.1. The van der Waals surface area contributed by atoms with Crippen molar-refractivity contribution in [3.8, 4) is 5.75 Å². The molecule has 0 saturated heterocycles. The lowest BCUT2D eigenvalue weighted by Gasteiger charge is -2.11. The van der Waals surface area contributed by atoms with Gasteiger partial charge in [0.1, 0.15) is 5.52 Å². The summed E-state index contributed by atoms with van der Waals surface area (Å²) in [6, 6.07) is 1.53. The maximum atomic E-state index is 13.1. The van der Waals surface area contributed by atoms with Crippen LogP contribution in [0.25, 0.3) is 10.9 Å². The molecule has 0 spiro atoms. The van der Waals surface area contributed by atoms with Crippen molar-refractivity contribution in [3.63, 3.8) is 0 Å². The molecule has 0 fully saturated rings. The Bertz CT molecular complexity index is 674.